The second-order valence-electron chi connectivity index (χ2n) is 5.19. The maximum absolute atomic E-state index is 13.1. The maximum atomic E-state index is 13.1. The summed E-state index contributed by atoms with van der Waals surface area (Å²) < 4.78 is 19.9. The summed E-state index contributed by atoms with van der Waals surface area (Å²) in [6.45, 7) is 1.45. The Morgan fingerprint density at radius 3 is 3.00 bits per heavy atom. The molecule has 1 aromatic carbocycles. The smallest absolute Gasteiger partial charge is 0.183 e. The van der Waals surface area contributed by atoms with Crippen LogP contribution in [0.15, 0.2) is 18.2 Å². The normalized spacial score (nSPS) is 16.6. The van der Waals surface area contributed by atoms with Crippen LogP contribution < -0.4 is 5.32 Å². The number of halogens is 1. The summed E-state index contributed by atoms with van der Waals surface area (Å²) >= 11 is 1.55. The summed E-state index contributed by atoms with van der Waals surface area (Å²) in [5.41, 5.74) is 0.714. The first-order chi connectivity index (χ1) is 9.81. The Kier molecular flexibility index (Phi) is 4.47. The molecule has 3 rings (SSSR count). The van der Waals surface area contributed by atoms with Crippen molar-refractivity contribution in [2.75, 3.05) is 18.5 Å². The summed E-state index contributed by atoms with van der Waals surface area (Å²) in [7, 11) is 0. The number of aromatic nitrogens is 1. The molecule has 1 aliphatic rings. The van der Waals surface area contributed by atoms with Gasteiger partial charge in [-0.2, -0.15) is 0 Å². The van der Waals surface area contributed by atoms with Gasteiger partial charge >= 0.3 is 0 Å². The summed E-state index contributed by atoms with van der Waals surface area (Å²) in [4.78, 5) is 4.37. The van der Waals surface area contributed by atoms with Crippen molar-refractivity contribution < 1.29 is 9.13 Å². The Labute approximate surface area is 122 Å². The topological polar surface area (TPSA) is 34.1 Å². The van der Waals surface area contributed by atoms with Gasteiger partial charge in [0.05, 0.1) is 22.9 Å². The van der Waals surface area contributed by atoms with Crippen LogP contribution in [0, 0.1) is 5.82 Å². The van der Waals surface area contributed by atoms with E-state index in [1.807, 2.05) is 0 Å². The first-order valence-corrected chi connectivity index (χ1v) is 8.04. The van der Waals surface area contributed by atoms with Crippen molar-refractivity contribution in [2.24, 2.45) is 0 Å². The van der Waals surface area contributed by atoms with Crippen LogP contribution in [-0.2, 0) is 4.74 Å². The molecule has 1 saturated carbocycles. The Morgan fingerprint density at radius 1 is 1.30 bits per heavy atom. The molecule has 2 aromatic rings. The molecular formula is C15H19FN2OS. The van der Waals surface area contributed by atoms with Gasteiger partial charge in [0.1, 0.15) is 5.82 Å². The van der Waals surface area contributed by atoms with Crippen molar-refractivity contribution >= 4 is 26.7 Å². The Balaban J connectivity index is 1.47. The minimum Gasteiger partial charge on any atom is -0.376 e. The molecular weight excluding hydrogens is 275 g/mol. The van der Waals surface area contributed by atoms with Gasteiger partial charge in [-0.15, -0.1) is 0 Å². The summed E-state index contributed by atoms with van der Waals surface area (Å²) in [5.74, 6) is -0.241. The number of fused-ring (bicyclic) bond motifs is 1. The molecule has 5 heteroatoms. The molecule has 0 bridgehead atoms. The lowest BCUT2D eigenvalue weighted by Crippen LogP contribution is -2.20. The third-order valence-corrected chi connectivity index (χ3v) is 4.63. The molecule has 0 radical (unpaired) electrons. The van der Waals surface area contributed by atoms with Crippen LogP contribution in [-0.4, -0.2) is 24.2 Å². The van der Waals surface area contributed by atoms with E-state index in [2.05, 4.69) is 10.3 Å². The molecule has 0 amide bonds. The average Bonchev–Trinajstić information content (AvgIpc) is 2.86. The SMILES string of the molecule is Fc1ccc2sc(NCCOC3CCCCC3)nc2c1. The fourth-order valence-corrected chi connectivity index (χ4v) is 3.46. The predicted octanol–water partition coefficient (Wildman–Crippen LogP) is 4.20. The van der Waals surface area contributed by atoms with E-state index in [9.17, 15) is 4.39 Å². The number of nitrogens with zero attached hydrogens (tertiary/aromatic N) is 1. The molecule has 1 aromatic heterocycles. The summed E-state index contributed by atoms with van der Waals surface area (Å²) in [5, 5.41) is 4.08. The van der Waals surface area contributed by atoms with Crippen molar-refractivity contribution in [3.05, 3.63) is 24.0 Å². The number of ether oxygens (including phenoxy) is 1. The lowest BCUT2D eigenvalue weighted by atomic mass is 9.98. The molecule has 20 heavy (non-hydrogen) atoms. The monoisotopic (exact) mass is 294 g/mol. The zero-order valence-electron chi connectivity index (χ0n) is 11.4. The van der Waals surface area contributed by atoms with Gasteiger partial charge in [-0.25, -0.2) is 9.37 Å². The standard InChI is InChI=1S/C15H19FN2OS/c16-11-6-7-14-13(10-11)18-15(20-14)17-8-9-19-12-4-2-1-3-5-12/h6-7,10,12H,1-5,8-9H2,(H,17,18). The van der Waals surface area contributed by atoms with Crippen LogP contribution >= 0.6 is 11.3 Å². The zero-order chi connectivity index (χ0) is 13.8. The summed E-state index contributed by atoms with van der Waals surface area (Å²) in [6.07, 6.45) is 6.76. The lowest BCUT2D eigenvalue weighted by molar-refractivity contribution is 0.0347. The van der Waals surface area contributed by atoms with E-state index in [0.717, 1.165) is 16.4 Å². The second kappa shape index (κ2) is 6.50. The largest absolute Gasteiger partial charge is 0.376 e. The highest BCUT2D eigenvalue weighted by atomic mass is 32.1. The van der Waals surface area contributed by atoms with Crippen molar-refractivity contribution in [3.63, 3.8) is 0 Å². The summed E-state index contributed by atoms with van der Waals surface area (Å²) in [6, 6.07) is 4.71. The van der Waals surface area contributed by atoms with E-state index in [4.69, 9.17) is 4.74 Å². The molecule has 0 atom stereocenters. The molecule has 0 unspecified atom stereocenters. The van der Waals surface area contributed by atoms with Crippen LogP contribution in [0.2, 0.25) is 0 Å². The number of benzene rings is 1. The zero-order valence-corrected chi connectivity index (χ0v) is 12.2. The molecule has 0 saturated heterocycles. The number of hydrogen-bond donors (Lipinski definition) is 1. The highest BCUT2D eigenvalue weighted by Gasteiger charge is 2.13. The van der Waals surface area contributed by atoms with Gasteiger partial charge in [0, 0.05) is 12.6 Å². The van der Waals surface area contributed by atoms with Crippen molar-refractivity contribution in [1.82, 2.24) is 4.98 Å². The van der Waals surface area contributed by atoms with E-state index in [0.29, 0.717) is 18.2 Å². The van der Waals surface area contributed by atoms with Crippen LogP contribution in [0.1, 0.15) is 32.1 Å². The van der Waals surface area contributed by atoms with Gasteiger partial charge in [0.25, 0.3) is 0 Å². The highest BCUT2D eigenvalue weighted by molar-refractivity contribution is 7.22. The Bertz CT molecular complexity index is 566. The van der Waals surface area contributed by atoms with E-state index >= 15 is 0 Å². The van der Waals surface area contributed by atoms with Crippen LogP contribution in [0.5, 0.6) is 0 Å². The highest BCUT2D eigenvalue weighted by Crippen LogP contribution is 2.26. The van der Waals surface area contributed by atoms with Crippen LogP contribution in [0.25, 0.3) is 10.2 Å². The van der Waals surface area contributed by atoms with Gasteiger partial charge in [-0.05, 0) is 25.0 Å². The first kappa shape index (κ1) is 13.8. The number of hydrogen-bond acceptors (Lipinski definition) is 4. The molecule has 1 N–H and O–H groups in total. The van der Waals surface area contributed by atoms with Gasteiger partial charge in [-0.1, -0.05) is 30.6 Å². The first-order valence-electron chi connectivity index (χ1n) is 7.23. The minimum absolute atomic E-state index is 0.241. The second-order valence-corrected chi connectivity index (χ2v) is 6.22. The third kappa shape index (κ3) is 3.46. The van der Waals surface area contributed by atoms with E-state index in [-0.39, 0.29) is 5.82 Å². The molecule has 1 heterocycles. The number of thiazole rings is 1. The Morgan fingerprint density at radius 2 is 2.15 bits per heavy atom. The number of rotatable bonds is 5. The molecule has 1 fully saturated rings. The fraction of sp³-hybridized carbons (Fsp3) is 0.533. The quantitative estimate of drug-likeness (QED) is 0.839. The lowest BCUT2D eigenvalue weighted by Gasteiger charge is -2.21. The third-order valence-electron chi connectivity index (χ3n) is 3.63. The van der Waals surface area contributed by atoms with Gasteiger partial charge < -0.3 is 10.1 Å². The molecule has 0 spiro atoms. The number of nitrogens with one attached hydrogen (secondary N) is 1. The van der Waals surface area contributed by atoms with Crippen LogP contribution in [0.3, 0.4) is 0 Å². The molecule has 3 nitrogen and oxygen atoms in total. The average molecular weight is 294 g/mol. The number of anilines is 1. The van der Waals surface area contributed by atoms with E-state index in [1.54, 1.807) is 17.4 Å². The van der Waals surface area contributed by atoms with Crippen molar-refractivity contribution in [1.29, 1.82) is 0 Å². The van der Waals surface area contributed by atoms with Gasteiger partial charge in [0.15, 0.2) is 5.13 Å². The fourth-order valence-electron chi connectivity index (χ4n) is 2.59. The van der Waals surface area contributed by atoms with E-state index < -0.39 is 0 Å². The molecule has 108 valence electrons. The predicted molar refractivity (Wildman–Crippen MR) is 80.9 cm³/mol. The van der Waals surface area contributed by atoms with Gasteiger partial charge in [-0.3, -0.25) is 0 Å². The van der Waals surface area contributed by atoms with Gasteiger partial charge in [0.2, 0.25) is 0 Å². The van der Waals surface area contributed by atoms with Crippen molar-refractivity contribution in [3.8, 4) is 0 Å². The maximum Gasteiger partial charge on any atom is 0.183 e. The molecule has 0 aliphatic heterocycles. The molecule has 1 aliphatic carbocycles. The van der Waals surface area contributed by atoms with Crippen LogP contribution in [0.4, 0.5) is 9.52 Å². The van der Waals surface area contributed by atoms with Crippen molar-refractivity contribution in [2.45, 2.75) is 38.2 Å². The minimum atomic E-state index is -0.241. The Hall–Kier alpha value is -1.20. The van der Waals surface area contributed by atoms with E-state index in [1.165, 1.54) is 44.2 Å².